The van der Waals surface area contributed by atoms with Crippen molar-refractivity contribution in [3.8, 4) is 0 Å². The van der Waals surface area contributed by atoms with Crippen LogP contribution in [0.1, 0.15) is 33.3 Å². The average Bonchev–Trinajstić information content (AvgIpc) is 2.63. The molecule has 0 spiro atoms. The summed E-state index contributed by atoms with van der Waals surface area (Å²) < 4.78 is 27.6. The van der Waals surface area contributed by atoms with Crippen LogP contribution in [-0.2, 0) is 21.2 Å². The fourth-order valence-corrected chi connectivity index (χ4v) is 4.83. The summed E-state index contributed by atoms with van der Waals surface area (Å²) in [6, 6.07) is 13.4. The van der Waals surface area contributed by atoms with Crippen LogP contribution in [0.3, 0.4) is 0 Å². The predicted molar refractivity (Wildman–Crippen MR) is 119 cm³/mol. The standard InChI is InChI=1S/C22H29ClN2O3S/c1-16(2)14-25(15-17(3)4)29(27,28)21-11-9-20(10-12-21)24-22(26)13-18-5-7-19(23)8-6-18/h5-12,16-17H,13-15H2,1-4H3,(H,24,26). The number of hydrogen-bond donors (Lipinski definition) is 1. The van der Waals surface area contributed by atoms with Gasteiger partial charge in [0.15, 0.2) is 0 Å². The van der Waals surface area contributed by atoms with Gasteiger partial charge in [0.25, 0.3) is 0 Å². The minimum Gasteiger partial charge on any atom is -0.326 e. The average molecular weight is 437 g/mol. The Morgan fingerprint density at radius 3 is 1.93 bits per heavy atom. The van der Waals surface area contributed by atoms with Crippen LogP contribution in [-0.4, -0.2) is 31.7 Å². The number of rotatable bonds is 9. The molecule has 0 aliphatic rings. The van der Waals surface area contributed by atoms with Crippen molar-refractivity contribution in [1.29, 1.82) is 0 Å². The third-order valence-corrected chi connectivity index (χ3v) is 6.29. The molecule has 158 valence electrons. The molecule has 0 unspecified atom stereocenters. The maximum Gasteiger partial charge on any atom is 0.243 e. The Hall–Kier alpha value is -1.89. The highest BCUT2D eigenvalue weighted by Gasteiger charge is 2.25. The number of hydrogen-bond acceptors (Lipinski definition) is 3. The molecule has 0 aromatic heterocycles. The number of carbonyl (C=O) groups is 1. The van der Waals surface area contributed by atoms with E-state index in [1.807, 2.05) is 27.7 Å². The Bertz CT molecular complexity index is 898. The molecule has 0 aliphatic heterocycles. The van der Waals surface area contributed by atoms with Crippen molar-refractivity contribution in [2.75, 3.05) is 18.4 Å². The molecule has 5 nitrogen and oxygen atoms in total. The van der Waals surface area contributed by atoms with Crippen molar-refractivity contribution in [2.24, 2.45) is 11.8 Å². The van der Waals surface area contributed by atoms with Crippen LogP contribution < -0.4 is 5.32 Å². The van der Waals surface area contributed by atoms with Crippen molar-refractivity contribution >= 4 is 33.2 Å². The number of nitrogens with one attached hydrogen (secondary N) is 1. The first-order chi connectivity index (χ1) is 13.6. The molecule has 0 aliphatic carbocycles. The summed E-state index contributed by atoms with van der Waals surface area (Å²) in [5.41, 5.74) is 1.41. The number of benzene rings is 2. The largest absolute Gasteiger partial charge is 0.326 e. The quantitative estimate of drug-likeness (QED) is 0.612. The van der Waals surface area contributed by atoms with E-state index in [4.69, 9.17) is 11.6 Å². The monoisotopic (exact) mass is 436 g/mol. The molecule has 0 saturated heterocycles. The van der Waals surface area contributed by atoms with Crippen LogP contribution in [0.4, 0.5) is 5.69 Å². The molecule has 0 fully saturated rings. The van der Waals surface area contributed by atoms with E-state index in [2.05, 4.69) is 5.32 Å². The van der Waals surface area contributed by atoms with Gasteiger partial charge in [-0.2, -0.15) is 4.31 Å². The maximum absolute atomic E-state index is 13.0. The first kappa shape index (κ1) is 23.4. The van der Waals surface area contributed by atoms with Gasteiger partial charge in [-0.1, -0.05) is 51.4 Å². The van der Waals surface area contributed by atoms with Gasteiger partial charge in [0.05, 0.1) is 11.3 Å². The summed E-state index contributed by atoms with van der Waals surface area (Å²) in [4.78, 5) is 12.5. The van der Waals surface area contributed by atoms with E-state index in [0.29, 0.717) is 23.8 Å². The highest BCUT2D eigenvalue weighted by Crippen LogP contribution is 2.21. The second kappa shape index (κ2) is 10.2. The van der Waals surface area contributed by atoms with Gasteiger partial charge < -0.3 is 5.32 Å². The lowest BCUT2D eigenvalue weighted by atomic mass is 10.1. The molecule has 29 heavy (non-hydrogen) atoms. The molecule has 2 rings (SSSR count). The number of amides is 1. The SMILES string of the molecule is CC(C)CN(CC(C)C)S(=O)(=O)c1ccc(NC(=O)Cc2ccc(Cl)cc2)cc1. The lowest BCUT2D eigenvalue weighted by Crippen LogP contribution is -2.37. The Kier molecular flexibility index (Phi) is 8.25. The number of anilines is 1. The predicted octanol–water partition coefficient (Wildman–Crippen LogP) is 4.82. The van der Waals surface area contributed by atoms with Crippen LogP contribution in [0, 0.1) is 11.8 Å². The zero-order chi connectivity index (χ0) is 21.6. The molecule has 1 N–H and O–H groups in total. The van der Waals surface area contributed by atoms with E-state index in [1.54, 1.807) is 48.5 Å². The summed E-state index contributed by atoms with van der Waals surface area (Å²) in [6.07, 6.45) is 0.216. The van der Waals surface area contributed by atoms with Gasteiger partial charge in [0.2, 0.25) is 15.9 Å². The van der Waals surface area contributed by atoms with Gasteiger partial charge in [-0.3, -0.25) is 4.79 Å². The van der Waals surface area contributed by atoms with Gasteiger partial charge in [-0.05, 0) is 53.8 Å². The van der Waals surface area contributed by atoms with E-state index < -0.39 is 10.0 Å². The normalized spacial score (nSPS) is 12.0. The summed E-state index contributed by atoms with van der Waals surface area (Å²) in [7, 11) is -3.58. The second-order valence-corrected chi connectivity index (χ2v) is 10.4. The first-order valence-corrected chi connectivity index (χ1v) is 11.5. The lowest BCUT2D eigenvalue weighted by Gasteiger charge is -2.25. The summed E-state index contributed by atoms with van der Waals surface area (Å²) >= 11 is 5.85. The van der Waals surface area contributed by atoms with Gasteiger partial charge in [0, 0.05) is 23.8 Å². The van der Waals surface area contributed by atoms with Crippen molar-refractivity contribution in [2.45, 2.75) is 39.0 Å². The van der Waals surface area contributed by atoms with E-state index >= 15 is 0 Å². The fourth-order valence-electron chi connectivity index (χ4n) is 2.94. The Labute approximate surface area is 179 Å². The molecule has 0 radical (unpaired) electrons. The number of halogens is 1. The zero-order valence-electron chi connectivity index (χ0n) is 17.4. The van der Waals surface area contributed by atoms with Crippen molar-refractivity contribution in [3.63, 3.8) is 0 Å². The fraction of sp³-hybridized carbons (Fsp3) is 0.409. The molecule has 0 atom stereocenters. The molecule has 0 saturated carbocycles. The summed E-state index contributed by atoms with van der Waals surface area (Å²) in [6.45, 7) is 8.95. The van der Waals surface area contributed by atoms with Crippen LogP contribution in [0.5, 0.6) is 0 Å². The van der Waals surface area contributed by atoms with Crippen molar-refractivity contribution in [1.82, 2.24) is 4.31 Å². The van der Waals surface area contributed by atoms with Crippen LogP contribution >= 0.6 is 11.6 Å². The smallest absolute Gasteiger partial charge is 0.243 e. The van der Waals surface area contributed by atoms with E-state index in [0.717, 1.165) is 5.56 Å². The molecule has 2 aromatic carbocycles. The molecular formula is C22H29ClN2O3S. The highest BCUT2D eigenvalue weighted by atomic mass is 35.5. The lowest BCUT2D eigenvalue weighted by molar-refractivity contribution is -0.115. The van der Waals surface area contributed by atoms with Gasteiger partial charge in [0.1, 0.15) is 0 Å². The number of sulfonamides is 1. The van der Waals surface area contributed by atoms with E-state index in [9.17, 15) is 13.2 Å². The van der Waals surface area contributed by atoms with Gasteiger partial charge in [-0.15, -0.1) is 0 Å². The molecular weight excluding hydrogens is 408 g/mol. The highest BCUT2D eigenvalue weighted by molar-refractivity contribution is 7.89. The van der Waals surface area contributed by atoms with Crippen LogP contribution in [0.15, 0.2) is 53.4 Å². The minimum atomic E-state index is -3.58. The van der Waals surface area contributed by atoms with Crippen LogP contribution in [0.25, 0.3) is 0 Å². The Morgan fingerprint density at radius 1 is 0.931 bits per heavy atom. The second-order valence-electron chi connectivity index (χ2n) is 7.99. The van der Waals surface area contributed by atoms with E-state index in [-0.39, 0.29) is 29.1 Å². The first-order valence-electron chi connectivity index (χ1n) is 9.72. The summed E-state index contributed by atoms with van der Waals surface area (Å²) in [5.74, 6) is 0.286. The maximum atomic E-state index is 13.0. The third-order valence-electron chi connectivity index (χ3n) is 4.19. The molecule has 0 heterocycles. The molecule has 1 amide bonds. The number of carbonyl (C=O) groups excluding carboxylic acids is 1. The third kappa shape index (κ3) is 7.14. The Morgan fingerprint density at radius 2 is 1.45 bits per heavy atom. The Balaban J connectivity index is 2.09. The minimum absolute atomic E-state index is 0.177. The van der Waals surface area contributed by atoms with Crippen LogP contribution in [0.2, 0.25) is 5.02 Å². The van der Waals surface area contributed by atoms with Crippen molar-refractivity contribution < 1.29 is 13.2 Å². The summed E-state index contributed by atoms with van der Waals surface area (Å²) in [5, 5.41) is 3.42. The molecule has 7 heteroatoms. The van der Waals surface area contributed by atoms with Crippen molar-refractivity contribution in [3.05, 3.63) is 59.1 Å². The molecule has 2 aromatic rings. The number of nitrogens with zero attached hydrogens (tertiary/aromatic N) is 1. The van der Waals surface area contributed by atoms with Gasteiger partial charge >= 0.3 is 0 Å². The molecule has 0 bridgehead atoms. The van der Waals surface area contributed by atoms with E-state index in [1.165, 1.54) is 4.31 Å². The topological polar surface area (TPSA) is 66.5 Å². The van der Waals surface area contributed by atoms with Gasteiger partial charge in [-0.25, -0.2) is 8.42 Å². The zero-order valence-corrected chi connectivity index (χ0v) is 18.9.